The Hall–Kier alpha value is -2.88. The molecule has 10 heteroatoms. The number of amidine groups is 1. The Morgan fingerprint density at radius 1 is 1.06 bits per heavy atom. The Bertz CT molecular complexity index is 954. The monoisotopic (exact) mass is 493 g/mol. The number of ether oxygens (including phenoxy) is 2. The molecule has 0 aliphatic carbocycles. The van der Waals surface area contributed by atoms with Crippen molar-refractivity contribution < 1.29 is 29.0 Å². The number of aliphatic carboxylic acids is 1. The van der Waals surface area contributed by atoms with E-state index in [0.717, 1.165) is 33.9 Å². The van der Waals surface area contributed by atoms with Crippen LogP contribution in [-0.2, 0) is 20.7 Å². The number of carboxylic acid groups (broad SMARTS) is 1. The largest absolute Gasteiger partial charge is 0.478 e. The summed E-state index contributed by atoms with van der Waals surface area (Å²) in [6.45, 7) is 10.6. The summed E-state index contributed by atoms with van der Waals surface area (Å²) in [7, 11) is 0. The van der Waals surface area contributed by atoms with Gasteiger partial charge in [0.2, 0.25) is 0 Å². The molecule has 1 aliphatic rings. The minimum atomic E-state index is -1.000. The van der Waals surface area contributed by atoms with Crippen LogP contribution < -0.4 is 5.73 Å². The van der Waals surface area contributed by atoms with Crippen molar-refractivity contribution in [3.8, 4) is 0 Å². The summed E-state index contributed by atoms with van der Waals surface area (Å²) < 4.78 is 10.7. The molecule has 34 heavy (non-hydrogen) atoms. The fraction of sp³-hybridized carbons (Fsp3) is 0.583. The third-order valence-electron chi connectivity index (χ3n) is 4.54. The lowest BCUT2D eigenvalue weighted by atomic mass is 10.1. The highest BCUT2D eigenvalue weighted by Gasteiger charge is 2.30. The highest BCUT2D eigenvalue weighted by atomic mass is 32.1. The van der Waals surface area contributed by atoms with Gasteiger partial charge in [-0.1, -0.05) is 6.42 Å². The number of imide groups is 1. The van der Waals surface area contributed by atoms with Gasteiger partial charge in [-0.3, -0.25) is 0 Å². The Labute approximate surface area is 204 Å². The fourth-order valence-electron chi connectivity index (χ4n) is 3.13. The number of thiophene rings is 1. The maximum Gasteiger partial charge on any atom is 0.419 e. The maximum atomic E-state index is 12.5. The van der Waals surface area contributed by atoms with Crippen LogP contribution in [0.15, 0.2) is 16.6 Å². The molecule has 2 heterocycles. The van der Waals surface area contributed by atoms with Crippen LogP contribution in [0.1, 0.15) is 77.0 Å². The van der Waals surface area contributed by atoms with Gasteiger partial charge in [0.05, 0.1) is 10.6 Å². The fourth-order valence-corrected chi connectivity index (χ4v) is 4.24. The standard InChI is InChI=1S/C24H35N3O6S/c1-23(2,3)32-21(30)27(22(31)33-24(4,5)6)11-9-7-8-10-16-14-17-18(34-16)12-15(20(28)29)13-19(25)26-17/h12,14H,7-11,13H2,1-6H3,(H2,25,26)(H,28,29). The van der Waals surface area contributed by atoms with E-state index in [1.165, 1.54) is 11.3 Å². The molecule has 0 aromatic carbocycles. The van der Waals surface area contributed by atoms with Crippen LogP contribution in [0, 0.1) is 0 Å². The smallest absolute Gasteiger partial charge is 0.419 e. The molecule has 0 saturated heterocycles. The molecule has 0 unspecified atom stereocenters. The zero-order valence-corrected chi connectivity index (χ0v) is 21.6. The lowest BCUT2D eigenvalue weighted by Gasteiger charge is -2.28. The van der Waals surface area contributed by atoms with Gasteiger partial charge in [-0.15, -0.1) is 11.3 Å². The van der Waals surface area contributed by atoms with Crippen LogP contribution in [0.4, 0.5) is 15.3 Å². The van der Waals surface area contributed by atoms with Crippen LogP contribution in [-0.4, -0.2) is 51.7 Å². The molecule has 2 rings (SSSR count). The second-order valence-corrected chi connectivity index (χ2v) is 11.3. The number of hydrogen-bond acceptors (Lipinski definition) is 8. The number of unbranched alkanes of at least 4 members (excludes halogenated alkanes) is 2. The van der Waals surface area contributed by atoms with Crippen molar-refractivity contribution in [2.75, 3.05) is 6.54 Å². The van der Waals surface area contributed by atoms with Crippen LogP contribution >= 0.6 is 11.3 Å². The van der Waals surface area contributed by atoms with E-state index in [4.69, 9.17) is 15.2 Å². The number of aryl methyl sites for hydroxylation is 1. The second kappa shape index (κ2) is 11.0. The predicted octanol–water partition coefficient (Wildman–Crippen LogP) is 5.49. The summed E-state index contributed by atoms with van der Waals surface area (Å²) >= 11 is 1.50. The Balaban J connectivity index is 1.95. The number of carboxylic acids is 1. The van der Waals surface area contributed by atoms with E-state index in [2.05, 4.69) is 4.99 Å². The molecular weight excluding hydrogens is 458 g/mol. The average Bonchev–Trinajstić information content (AvgIpc) is 2.94. The summed E-state index contributed by atoms with van der Waals surface area (Å²) in [6, 6.07) is 1.93. The first-order valence-corrected chi connectivity index (χ1v) is 12.1. The van der Waals surface area contributed by atoms with Crippen molar-refractivity contribution in [3.63, 3.8) is 0 Å². The van der Waals surface area contributed by atoms with Crippen LogP contribution in [0.2, 0.25) is 0 Å². The summed E-state index contributed by atoms with van der Waals surface area (Å²) in [4.78, 5) is 43.7. The van der Waals surface area contributed by atoms with Crippen molar-refractivity contribution >= 4 is 47.1 Å². The molecule has 2 amide bonds. The number of carbonyl (C=O) groups is 3. The van der Waals surface area contributed by atoms with Crippen molar-refractivity contribution in [3.05, 3.63) is 21.4 Å². The first-order valence-electron chi connectivity index (χ1n) is 11.3. The quantitative estimate of drug-likeness (QED) is 0.480. The van der Waals surface area contributed by atoms with Gasteiger partial charge in [0.15, 0.2) is 0 Å². The van der Waals surface area contributed by atoms with Crippen molar-refractivity contribution in [2.24, 2.45) is 10.7 Å². The van der Waals surface area contributed by atoms with Gasteiger partial charge in [0.1, 0.15) is 17.0 Å². The lowest BCUT2D eigenvalue weighted by Crippen LogP contribution is -2.44. The predicted molar refractivity (Wildman–Crippen MR) is 133 cm³/mol. The van der Waals surface area contributed by atoms with E-state index in [1.54, 1.807) is 47.6 Å². The molecule has 0 spiro atoms. The van der Waals surface area contributed by atoms with Crippen LogP contribution in [0.5, 0.6) is 0 Å². The number of rotatable bonds is 7. The highest BCUT2D eigenvalue weighted by molar-refractivity contribution is 7.13. The SMILES string of the molecule is CC(C)(C)OC(=O)N(CCCCCc1cc2c(s1)C=C(C(=O)O)CC(N)=N2)C(=O)OC(C)(C)C. The number of carbonyl (C=O) groups excluding carboxylic acids is 2. The molecule has 0 atom stereocenters. The molecule has 0 radical (unpaired) electrons. The van der Waals surface area contributed by atoms with E-state index in [1.807, 2.05) is 6.07 Å². The maximum absolute atomic E-state index is 12.5. The van der Waals surface area contributed by atoms with E-state index in [0.29, 0.717) is 12.1 Å². The van der Waals surface area contributed by atoms with Gasteiger partial charge in [-0.05, 0) is 72.9 Å². The molecule has 188 valence electrons. The highest BCUT2D eigenvalue weighted by Crippen LogP contribution is 2.35. The van der Waals surface area contributed by atoms with Crippen LogP contribution in [0.25, 0.3) is 6.08 Å². The van der Waals surface area contributed by atoms with E-state index >= 15 is 0 Å². The zero-order valence-electron chi connectivity index (χ0n) is 20.8. The van der Waals surface area contributed by atoms with Crippen molar-refractivity contribution in [2.45, 2.75) is 84.8 Å². The molecule has 0 saturated carbocycles. The van der Waals surface area contributed by atoms with Gasteiger partial charge >= 0.3 is 18.2 Å². The molecule has 1 aliphatic heterocycles. The number of nitrogens with zero attached hydrogens (tertiary/aromatic N) is 2. The summed E-state index contributed by atoms with van der Waals surface area (Å²) in [6.07, 6.45) is 3.27. The van der Waals surface area contributed by atoms with Gasteiger partial charge in [-0.25, -0.2) is 24.3 Å². The first kappa shape index (κ1) is 27.4. The molecule has 3 N–H and O–H groups in total. The lowest BCUT2D eigenvalue weighted by molar-refractivity contribution is -0.132. The minimum Gasteiger partial charge on any atom is -0.478 e. The van der Waals surface area contributed by atoms with Crippen molar-refractivity contribution in [1.29, 1.82) is 0 Å². The van der Waals surface area contributed by atoms with E-state index in [9.17, 15) is 19.5 Å². The number of nitrogens with two attached hydrogens (primary N) is 1. The minimum absolute atomic E-state index is 0.123. The molecule has 1 aromatic heterocycles. The van der Waals surface area contributed by atoms with E-state index < -0.39 is 29.4 Å². The molecule has 0 bridgehead atoms. The Morgan fingerprint density at radius 3 is 2.18 bits per heavy atom. The topological polar surface area (TPSA) is 132 Å². The van der Waals surface area contributed by atoms with Crippen molar-refractivity contribution in [1.82, 2.24) is 4.90 Å². The molecular formula is C24H35N3O6S. The average molecular weight is 494 g/mol. The summed E-state index contributed by atoms with van der Waals surface area (Å²) in [5.41, 5.74) is 5.31. The van der Waals surface area contributed by atoms with Gasteiger partial charge in [0.25, 0.3) is 0 Å². The third kappa shape index (κ3) is 8.81. The number of aliphatic imine (C=N–C) groups is 1. The molecule has 0 fully saturated rings. The first-order chi connectivity index (χ1) is 15.6. The van der Waals surface area contributed by atoms with Gasteiger partial charge < -0.3 is 20.3 Å². The Kier molecular flexibility index (Phi) is 8.88. The third-order valence-corrected chi connectivity index (χ3v) is 5.67. The normalized spacial score (nSPS) is 13.8. The molecule has 1 aromatic rings. The van der Waals surface area contributed by atoms with Gasteiger partial charge in [-0.2, -0.15) is 0 Å². The number of hydrogen-bond donors (Lipinski definition) is 2. The van der Waals surface area contributed by atoms with Crippen LogP contribution in [0.3, 0.4) is 0 Å². The summed E-state index contributed by atoms with van der Waals surface area (Å²) in [5.74, 6) is -0.721. The summed E-state index contributed by atoms with van der Waals surface area (Å²) in [5, 5.41) is 9.32. The number of amides is 2. The second-order valence-electron chi connectivity index (χ2n) is 10.1. The number of fused-ring (bicyclic) bond motifs is 1. The zero-order chi connectivity index (χ0) is 25.7. The van der Waals surface area contributed by atoms with E-state index in [-0.39, 0.29) is 24.4 Å². The van der Waals surface area contributed by atoms with Gasteiger partial charge in [0, 0.05) is 23.4 Å². The molecule has 9 nitrogen and oxygen atoms in total. The Morgan fingerprint density at radius 2 is 1.65 bits per heavy atom.